The van der Waals surface area contributed by atoms with E-state index in [-0.39, 0.29) is 43.5 Å². The van der Waals surface area contributed by atoms with Crippen LogP contribution in [0.1, 0.15) is 58.1 Å². The molecule has 0 saturated carbocycles. The number of aromatic amines is 1. The number of hydrazine groups is 1. The molecular weight excluding hydrogens is 610 g/mol. The molecule has 2 amide bonds. The topological polar surface area (TPSA) is 194 Å². The van der Waals surface area contributed by atoms with Gasteiger partial charge in [-0.3, -0.25) is 24.2 Å². The van der Waals surface area contributed by atoms with Crippen LogP contribution in [-0.2, 0) is 25.6 Å². The smallest absolute Gasteiger partial charge is 0.303 e. The van der Waals surface area contributed by atoms with Crippen molar-refractivity contribution >= 4 is 48.5 Å². The first kappa shape index (κ1) is 33.3. The number of carboxylic acid groups (broad SMARTS) is 2. The average molecular weight is 652 g/mol. The van der Waals surface area contributed by atoms with Crippen molar-refractivity contribution < 1.29 is 34.5 Å². The Bertz CT molecular complexity index is 1770. The predicted octanol–water partition coefficient (Wildman–Crippen LogP) is 0.681. The van der Waals surface area contributed by atoms with Gasteiger partial charge in [0.25, 0.3) is 5.91 Å². The third-order valence-corrected chi connectivity index (χ3v) is 10.4. The van der Waals surface area contributed by atoms with E-state index in [9.17, 15) is 34.5 Å². The lowest BCUT2D eigenvalue weighted by atomic mass is 9.82. The minimum Gasteiger partial charge on any atom is -0.481 e. The van der Waals surface area contributed by atoms with Crippen molar-refractivity contribution in [3.05, 3.63) is 68.5 Å². The van der Waals surface area contributed by atoms with Gasteiger partial charge in [0.15, 0.2) is 5.66 Å². The molecule has 0 aliphatic carbocycles. The van der Waals surface area contributed by atoms with Gasteiger partial charge in [-0.15, -0.1) is 0 Å². The average Bonchev–Trinajstić information content (AvgIpc) is 3.32. The lowest BCUT2D eigenvalue weighted by Crippen LogP contribution is -2.51. The number of aliphatic carboxylic acids is 2. The van der Waals surface area contributed by atoms with Crippen molar-refractivity contribution in [1.29, 1.82) is 0 Å². The Morgan fingerprint density at radius 3 is 2.30 bits per heavy atom. The molecule has 246 valence electrons. The van der Waals surface area contributed by atoms with Crippen LogP contribution in [0, 0.1) is 12.8 Å². The molecule has 0 radical (unpaired) electrons. The Balaban J connectivity index is 1.64. The van der Waals surface area contributed by atoms with Crippen LogP contribution in [0.5, 0.6) is 0 Å². The normalized spacial score (nSPS) is 31.2. The van der Waals surface area contributed by atoms with Crippen molar-refractivity contribution in [2.45, 2.75) is 88.9 Å². The van der Waals surface area contributed by atoms with Gasteiger partial charge in [-0.05, 0) is 79.7 Å². The SMILES string of the molecule is C=CC1=C(C)[C@@H](/C=c2/[nH]/c(=C\[C@@]34NN3/C(=C/C3NC(=O)[C@H](C)[C@@]3(O)[C@H](C)S)C(C)=C4CCC(=O)O)c(CCC(=O)O)c2C)NC1=O. The largest absolute Gasteiger partial charge is 0.481 e. The Hall–Kier alpha value is -4.07. The summed E-state index contributed by atoms with van der Waals surface area (Å²) in [5, 5.41) is 39.2. The number of thiol groups is 1. The van der Waals surface area contributed by atoms with E-state index < -0.39 is 40.4 Å². The van der Waals surface area contributed by atoms with Gasteiger partial charge in [0.05, 0.1) is 23.7 Å². The van der Waals surface area contributed by atoms with Crippen molar-refractivity contribution in [2.75, 3.05) is 0 Å². The number of nitrogens with zero attached hydrogens (tertiary/aromatic N) is 1. The van der Waals surface area contributed by atoms with Crippen molar-refractivity contribution in [3.8, 4) is 0 Å². The lowest BCUT2D eigenvalue weighted by molar-refractivity contribution is -0.138. The third-order valence-electron chi connectivity index (χ3n) is 9.94. The van der Waals surface area contributed by atoms with Gasteiger partial charge in [0.2, 0.25) is 5.91 Å². The highest BCUT2D eigenvalue weighted by Gasteiger charge is 2.61. The molecule has 4 aliphatic rings. The summed E-state index contributed by atoms with van der Waals surface area (Å²) in [6.45, 7) is 12.8. The number of fused-ring (bicyclic) bond motifs is 1. The van der Waals surface area contributed by atoms with Crippen molar-refractivity contribution in [3.63, 3.8) is 0 Å². The van der Waals surface area contributed by atoms with Crippen LogP contribution in [0.2, 0.25) is 0 Å². The van der Waals surface area contributed by atoms with Crippen molar-refractivity contribution in [1.82, 2.24) is 26.1 Å². The maximum Gasteiger partial charge on any atom is 0.303 e. The van der Waals surface area contributed by atoms with Crippen LogP contribution in [0.4, 0.5) is 0 Å². The van der Waals surface area contributed by atoms with Crippen LogP contribution in [-0.4, -0.2) is 77.7 Å². The molecule has 1 aromatic rings. The van der Waals surface area contributed by atoms with Crippen LogP contribution in [0.25, 0.3) is 12.2 Å². The Morgan fingerprint density at radius 2 is 1.72 bits per heavy atom. The number of amides is 2. The van der Waals surface area contributed by atoms with Crippen LogP contribution in [0.3, 0.4) is 0 Å². The summed E-state index contributed by atoms with van der Waals surface area (Å²) in [5.74, 6) is -3.09. The molecule has 46 heavy (non-hydrogen) atoms. The first-order chi connectivity index (χ1) is 21.6. The molecular formula is C33H41N5O7S. The van der Waals surface area contributed by atoms with Gasteiger partial charge in [0, 0.05) is 34.4 Å². The Kier molecular flexibility index (Phi) is 8.64. The number of carbonyl (C=O) groups is 4. The standard InChI is InChI=1S/C33H41N5O7S/c1-7-20-15(2)24(35-31(20)44)12-23-16(3)21(8-10-28(39)40)25(34-23)14-32-22(9-11-29(41)42)17(4)26(38(32)37-32)13-27-33(45,19(6)46)18(5)30(43)36-27/h7,12-14,18-19,24,27,34,37,45-46H,1,8-11H2,2-6H3,(H,35,44)(H,36,43)(H,39,40)(H,41,42)/b23-12+,25-14-,26-13+/t18-,19-,24+,27?,32+,33+,38?/m0/s1. The number of carbonyl (C=O) groups excluding carboxylic acids is 2. The number of hydrogen-bond acceptors (Lipinski definition) is 8. The summed E-state index contributed by atoms with van der Waals surface area (Å²) < 4.78 is 0. The molecule has 1 aromatic heterocycles. The molecule has 0 bridgehead atoms. The summed E-state index contributed by atoms with van der Waals surface area (Å²) >= 11 is 4.50. The van der Waals surface area contributed by atoms with Gasteiger partial charge in [0.1, 0.15) is 5.60 Å². The van der Waals surface area contributed by atoms with Crippen LogP contribution >= 0.6 is 12.6 Å². The number of allylic oxidation sites excluding steroid dienone is 1. The third kappa shape index (κ3) is 5.39. The summed E-state index contributed by atoms with van der Waals surface area (Å²) in [7, 11) is 0. The highest BCUT2D eigenvalue weighted by Crippen LogP contribution is 2.51. The molecule has 4 aliphatic heterocycles. The van der Waals surface area contributed by atoms with Gasteiger partial charge >= 0.3 is 11.9 Å². The zero-order valence-corrected chi connectivity index (χ0v) is 27.4. The molecule has 0 spiro atoms. The van der Waals surface area contributed by atoms with E-state index in [1.54, 1.807) is 19.9 Å². The molecule has 2 saturated heterocycles. The van der Waals surface area contributed by atoms with Gasteiger partial charge in [-0.25, -0.2) is 0 Å². The first-order valence-corrected chi connectivity index (χ1v) is 15.8. The molecule has 1 unspecified atom stereocenters. The zero-order valence-electron chi connectivity index (χ0n) is 26.5. The summed E-state index contributed by atoms with van der Waals surface area (Å²) in [5.41, 5.74) is 6.28. The predicted molar refractivity (Wildman–Crippen MR) is 174 cm³/mol. The fourth-order valence-electron chi connectivity index (χ4n) is 7.02. The number of H-pyrrole nitrogens is 1. The minimum absolute atomic E-state index is 0.102. The quantitative estimate of drug-likeness (QED) is 0.126. The number of carboxylic acids is 2. The second-order valence-corrected chi connectivity index (χ2v) is 13.3. The summed E-state index contributed by atoms with van der Waals surface area (Å²) in [6.07, 6.45) is 7.40. The van der Waals surface area contributed by atoms with E-state index in [1.165, 1.54) is 6.08 Å². The Morgan fingerprint density at radius 1 is 1.07 bits per heavy atom. The van der Waals surface area contributed by atoms with Gasteiger partial charge in [-0.1, -0.05) is 26.5 Å². The molecule has 5 rings (SSSR count). The van der Waals surface area contributed by atoms with Crippen LogP contribution in [0.15, 0.2) is 46.7 Å². The second kappa shape index (κ2) is 11.9. The second-order valence-electron chi connectivity index (χ2n) is 12.5. The van der Waals surface area contributed by atoms with Crippen LogP contribution < -0.4 is 26.8 Å². The van der Waals surface area contributed by atoms with Gasteiger partial charge in [-0.2, -0.15) is 18.1 Å². The summed E-state index contributed by atoms with van der Waals surface area (Å²) in [6, 6.07) is -1.12. The van der Waals surface area contributed by atoms with E-state index >= 15 is 0 Å². The fourth-order valence-corrected chi connectivity index (χ4v) is 7.40. The van der Waals surface area contributed by atoms with E-state index in [0.717, 1.165) is 33.2 Å². The first-order valence-electron chi connectivity index (χ1n) is 15.3. The number of hydrogen-bond donors (Lipinski definition) is 8. The molecule has 2 fully saturated rings. The molecule has 0 aromatic carbocycles. The highest BCUT2D eigenvalue weighted by atomic mass is 32.1. The van der Waals surface area contributed by atoms with E-state index in [0.29, 0.717) is 16.6 Å². The fraction of sp³-hybridized carbons (Fsp3) is 0.455. The van der Waals surface area contributed by atoms with Crippen molar-refractivity contribution in [2.24, 2.45) is 5.92 Å². The van der Waals surface area contributed by atoms with E-state index in [4.69, 9.17) is 0 Å². The highest BCUT2D eigenvalue weighted by molar-refractivity contribution is 7.81. The van der Waals surface area contributed by atoms with E-state index in [2.05, 4.69) is 40.3 Å². The zero-order chi connectivity index (χ0) is 33.9. The molecule has 12 nitrogen and oxygen atoms in total. The number of rotatable bonds is 11. The molecule has 7 N–H and O–H groups in total. The maximum atomic E-state index is 12.6. The number of nitrogens with one attached hydrogen (secondary N) is 4. The summed E-state index contributed by atoms with van der Waals surface area (Å²) in [4.78, 5) is 51.8. The lowest BCUT2D eigenvalue weighted by Gasteiger charge is -2.34. The maximum absolute atomic E-state index is 12.6. The molecule has 6 atom stereocenters. The minimum atomic E-state index is -1.46. The van der Waals surface area contributed by atoms with E-state index in [1.807, 2.05) is 37.9 Å². The number of aliphatic hydroxyl groups is 1. The molecule has 5 heterocycles. The van der Waals surface area contributed by atoms with Gasteiger partial charge < -0.3 is 30.9 Å². The number of aromatic nitrogens is 1. The monoisotopic (exact) mass is 651 g/mol. The molecule has 13 heteroatoms. The Labute approximate surface area is 272 Å².